The summed E-state index contributed by atoms with van der Waals surface area (Å²) in [5, 5.41) is 2.72. The lowest BCUT2D eigenvalue weighted by Crippen LogP contribution is -2.42. The predicted molar refractivity (Wildman–Crippen MR) is 227 cm³/mol. The number of ether oxygens (including phenoxy) is 1. The van der Waals surface area contributed by atoms with Gasteiger partial charge in [-0.1, -0.05) is 84.9 Å². The van der Waals surface area contributed by atoms with E-state index >= 15 is 0 Å². The Bertz CT molecular complexity index is 2500. The Morgan fingerprint density at radius 2 is 1.28 bits per heavy atom. The lowest BCUT2D eigenvalue weighted by Gasteiger charge is -2.28. The number of aromatic nitrogens is 4. The van der Waals surface area contributed by atoms with Crippen molar-refractivity contribution in [3.63, 3.8) is 0 Å². The summed E-state index contributed by atoms with van der Waals surface area (Å²) in [6, 6.07) is 29.1. The summed E-state index contributed by atoms with van der Waals surface area (Å²) >= 11 is 0. The van der Waals surface area contributed by atoms with Crippen LogP contribution in [0.1, 0.15) is 83.8 Å². The number of nitrogens with one attached hydrogen (secondary N) is 3. The smallest absolute Gasteiger partial charge is 0.407 e. The summed E-state index contributed by atoms with van der Waals surface area (Å²) in [5.74, 6) is 1.18. The van der Waals surface area contributed by atoms with Gasteiger partial charge in [0.1, 0.15) is 17.7 Å². The van der Waals surface area contributed by atoms with Crippen LogP contribution in [0.4, 0.5) is 4.79 Å². The lowest BCUT2D eigenvalue weighted by atomic mass is 10.1. The fourth-order valence-electron chi connectivity index (χ4n) is 8.27. The van der Waals surface area contributed by atoms with E-state index in [-0.39, 0.29) is 23.9 Å². The molecule has 8 rings (SSSR count). The van der Waals surface area contributed by atoms with Gasteiger partial charge in [0.25, 0.3) is 11.8 Å². The fraction of sp³-hybridized carbons (Fsp3) is 0.304. The first-order valence-corrected chi connectivity index (χ1v) is 20.3. The second-order valence-corrected chi connectivity index (χ2v) is 15.0. The number of rotatable bonds is 14. The number of carbonyl (C=O) groups is 3. The third-order valence-electron chi connectivity index (χ3n) is 11.2. The van der Waals surface area contributed by atoms with Gasteiger partial charge in [0.2, 0.25) is 6.40 Å². The molecule has 2 saturated heterocycles. The number of hydrogen-bond donors (Lipinski definition) is 3. The van der Waals surface area contributed by atoms with Gasteiger partial charge in [-0.2, -0.15) is 4.89 Å². The van der Waals surface area contributed by atoms with Crippen molar-refractivity contribution in [3.8, 4) is 0 Å². The average molecular weight is 809 g/mol. The first-order valence-electron chi connectivity index (χ1n) is 20.3. The van der Waals surface area contributed by atoms with Crippen LogP contribution in [0.15, 0.2) is 114 Å². The summed E-state index contributed by atoms with van der Waals surface area (Å²) in [5.41, 5.74) is 7.24. The third-order valence-corrected chi connectivity index (χ3v) is 11.2. The number of amides is 3. The summed E-state index contributed by atoms with van der Waals surface area (Å²) < 4.78 is 4.84. The highest BCUT2D eigenvalue weighted by atomic mass is 17.2. The van der Waals surface area contributed by atoms with Crippen LogP contribution in [0.25, 0.3) is 22.1 Å². The number of allylic oxidation sites excluding steroid dienone is 2. The van der Waals surface area contributed by atoms with Crippen LogP contribution in [0, 0.1) is 0 Å². The van der Waals surface area contributed by atoms with Crippen molar-refractivity contribution >= 4 is 46.4 Å². The maximum Gasteiger partial charge on any atom is 0.407 e. The van der Waals surface area contributed by atoms with E-state index in [2.05, 4.69) is 67.6 Å². The van der Waals surface area contributed by atoms with Gasteiger partial charge < -0.3 is 34.7 Å². The summed E-state index contributed by atoms with van der Waals surface area (Å²) in [6.07, 6.45) is 9.56. The third kappa shape index (κ3) is 8.78. The minimum Gasteiger partial charge on any atom is -0.453 e. The number of nitrogens with zero attached hydrogens (tertiary/aromatic N) is 5. The van der Waals surface area contributed by atoms with Crippen LogP contribution in [-0.4, -0.2) is 81.4 Å². The van der Waals surface area contributed by atoms with Crippen LogP contribution >= 0.6 is 0 Å². The molecule has 2 fully saturated rings. The second kappa shape index (κ2) is 18.4. The molecule has 0 bridgehead atoms. The molecule has 0 unspecified atom stereocenters. The van der Waals surface area contributed by atoms with Crippen LogP contribution < -0.4 is 5.32 Å². The van der Waals surface area contributed by atoms with E-state index in [0.29, 0.717) is 18.7 Å². The van der Waals surface area contributed by atoms with E-state index in [0.717, 1.165) is 88.9 Å². The molecule has 2 aliphatic rings. The largest absolute Gasteiger partial charge is 0.453 e. The van der Waals surface area contributed by atoms with Gasteiger partial charge in [0, 0.05) is 13.1 Å². The highest BCUT2D eigenvalue weighted by Crippen LogP contribution is 2.36. The Balaban J connectivity index is 0.908. The maximum atomic E-state index is 13.9. The number of H-pyrrole nitrogens is 2. The Kier molecular flexibility index (Phi) is 12.3. The molecule has 14 nitrogen and oxygen atoms in total. The fourth-order valence-corrected chi connectivity index (χ4v) is 8.27. The lowest BCUT2D eigenvalue weighted by molar-refractivity contribution is -0.188. The van der Waals surface area contributed by atoms with E-state index in [1.807, 2.05) is 71.6 Å². The number of hydrogen-bond acceptors (Lipinski definition) is 9. The molecule has 4 aromatic carbocycles. The van der Waals surface area contributed by atoms with Crippen LogP contribution in [0.2, 0.25) is 0 Å². The van der Waals surface area contributed by atoms with E-state index in [1.54, 1.807) is 4.90 Å². The van der Waals surface area contributed by atoms with Crippen molar-refractivity contribution in [2.45, 2.75) is 62.7 Å². The van der Waals surface area contributed by atoms with Gasteiger partial charge in [-0.25, -0.2) is 19.8 Å². The molecule has 4 heterocycles. The number of imidazole rings is 2. The SMILES string of the molecule is COO/C=N\[C@@H](C(=O)N1CCC[C@H]1c1nc2cc(CC=CCc3ccc4[nH]c([C@@H]5CCCN5C(=O)[C@H](NC(=O)OC)c5ccccc5)nc4c3)ccc2[nH]1)c1ccccc1. The molecule has 2 aromatic heterocycles. The van der Waals surface area contributed by atoms with Gasteiger partial charge >= 0.3 is 6.09 Å². The number of alkyl carbamates (subject to hydrolysis) is 1. The molecule has 4 atom stereocenters. The molecule has 0 aliphatic carbocycles. The van der Waals surface area contributed by atoms with Crippen molar-refractivity contribution < 1.29 is 28.9 Å². The van der Waals surface area contributed by atoms with Crippen LogP contribution in [0.5, 0.6) is 0 Å². The van der Waals surface area contributed by atoms with E-state index in [9.17, 15) is 14.4 Å². The molecule has 308 valence electrons. The van der Waals surface area contributed by atoms with Crippen molar-refractivity contribution in [2.75, 3.05) is 27.3 Å². The minimum absolute atomic E-state index is 0.117. The van der Waals surface area contributed by atoms with Gasteiger partial charge in [0.15, 0.2) is 6.04 Å². The number of likely N-dealkylation sites (tertiary alicyclic amines) is 2. The molecule has 3 amide bonds. The predicted octanol–water partition coefficient (Wildman–Crippen LogP) is 7.55. The van der Waals surface area contributed by atoms with Crippen LogP contribution in [-0.2, 0) is 36.9 Å². The standard InChI is InChI=1S/C46H48N8O6/c1-58-46(57)52-41(33-17-7-4-8-18-33)45(56)54-26-12-20-39(54)43-49-35-24-22-31(28-37(35)51-43)14-10-9-13-30-21-23-34-36(27-30)50-42(48-34)38-19-11-25-53(38)44(55)40(47-29-60-59-2)32-15-5-3-6-16-32/h3-10,15-18,21-24,27-29,38-41H,11-14,19-20,25-26H2,1-2H3,(H,48,50)(H,49,51)(H,52,57)/b10-9?,47-29-/t38-,39-,40+,41+/m0/s1. The molecular weight excluding hydrogens is 761 g/mol. The van der Waals surface area contributed by atoms with E-state index < -0.39 is 18.2 Å². The molecule has 14 heteroatoms. The number of fused-ring (bicyclic) bond motifs is 2. The number of aliphatic imine (C=N–C) groups is 1. The Labute approximate surface area is 347 Å². The van der Waals surface area contributed by atoms with Crippen molar-refractivity contribution in [1.29, 1.82) is 0 Å². The molecule has 2 aliphatic heterocycles. The van der Waals surface area contributed by atoms with E-state index in [4.69, 9.17) is 19.6 Å². The molecular formula is C46H48N8O6. The van der Waals surface area contributed by atoms with Crippen molar-refractivity contribution in [3.05, 3.63) is 143 Å². The molecule has 3 N–H and O–H groups in total. The number of aromatic amines is 2. The average Bonchev–Trinajstić information content (AvgIpc) is 4.12. The topological polar surface area (TPSA) is 167 Å². The van der Waals surface area contributed by atoms with Gasteiger partial charge in [-0.3, -0.25) is 9.59 Å². The summed E-state index contributed by atoms with van der Waals surface area (Å²) in [4.78, 5) is 74.5. The monoisotopic (exact) mass is 808 g/mol. The molecule has 0 radical (unpaired) electrons. The Morgan fingerprint density at radius 1 is 0.750 bits per heavy atom. The molecule has 6 aromatic rings. The van der Waals surface area contributed by atoms with Gasteiger partial charge in [0.05, 0.1) is 48.4 Å². The van der Waals surface area contributed by atoms with Crippen LogP contribution in [0.3, 0.4) is 0 Å². The normalized spacial score (nSPS) is 17.8. The number of carbonyl (C=O) groups excluding carboxylic acids is 3. The number of methoxy groups -OCH3 is 1. The Morgan fingerprint density at radius 3 is 1.82 bits per heavy atom. The zero-order chi connectivity index (χ0) is 41.4. The first kappa shape index (κ1) is 40.0. The zero-order valence-electron chi connectivity index (χ0n) is 33.6. The minimum atomic E-state index is -0.872. The zero-order valence-corrected chi connectivity index (χ0v) is 33.6. The van der Waals surface area contributed by atoms with Crippen molar-refractivity contribution in [1.82, 2.24) is 35.1 Å². The molecule has 0 saturated carbocycles. The second-order valence-electron chi connectivity index (χ2n) is 15.0. The highest BCUT2D eigenvalue weighted by molar-refractivity contribution is 5.88. The number of benzene rings is 4. The summed E-state index contributed by atoms with van der Waals surface area (Å²) in [7, 11) is 2.68. The maximum absolute atomic E-state index is 13.9. The first-order chi connectivity index (χ1) is 29.4. The van der Waals surface area contributed by atoms with Gasteiger partial charge in [-0.05, 0) is 85.0 Å². The quantitative estimate of drug-likeness (QED) is 0.0334. The highest BCUT2D eigenvalue weighted by Gasteiger charge is 2.38. The van der Waals surface area contributed by atoms with E-state index in [1.165, 1.54) is 20.6 Å². The Hall–Kier alpha value is -6.80. The van der Waals surface area contributed by atoms with Crippen molar-refractivity contribution in [2.24, 2.45) is 4.99 Å². The van der Waals surface area contributed by atoms with Gasteiger partial charge in [-0.15, -0.1) is 0 Å². The molecule has 0 spiro atoms. The summed E-state index contributed by atoms with van der Waals surface area (Å²) in [6.45, 7) is 1.18. The molecule has 60 heavy (non-hydrogen) atoms.